The SMILES string of the molecule is CCOc1cc(/C=N\n2c(-c3ccccc3)n[nH]c2=S)ccc1OCc1ccc(C)cc1. The Morgan fingerprint density at radius 3 is 2.53 bits per heavy atom. The molecule has 0 fully saturated rings. The Balaban J connectivity index is 1.55. The number of ether oxygens (including phenoxy) is 2. The van der Waals surface area contributed by atoms with Gasteiger partial charge in [0.05, 0.1) is 12.8 Å². The molecule has 7 heteroatoms. The van der Waals surface area contributed by atoms with Gasteiger partial charge in [-0.1, -0.05) is 60.2 Å². The van der Waals surface area contributed by atoms with Crippen LogP contribution in [0.25, 0.3) is 11.4 Å². The average Bonchev–Trinajstić information content (AvgIpc) is 3.19. The van der Waals surface area contributed by atoms with Crippen molar-refractivity contribution in [3.05, 3.63) is 94.3 Å². The Morgan fingerprint density at radius 2 is 1.78 bits per heavy atom. The van der Waals surface area contributed by atoms with Crippen LogP contribution in [0.1, 0.15) is 23.6 Å². The molecule has 6 nitrogen and oxygen atoms in total. The number of nitrogens with zero attached hydrogens (tertiary/aromatic N) is 3. The lowest BCUT2D eigenvalue weighted by molar-refractivity contribution is 0.269. The number of aromatic nitrogens is 3. The molecule has 1 aromatic heterocycles. The van der Waals surface area contributed by atoms with E-state index >= 15 is 0 Å². The summed E-state index contributed by atoms with van der Waals surface area (Å²) in [5.74, 6) is 2.01. The van der Waals surface area contributed by atoms with Gasteiger partial charge < -0.3 is 9.47 Å². The molecular weight excluding hydrogens is 420 g/mol. The molecule has 0 aliphatic rings. The van der Waals surface area contributed by atoms with Crippen LogP contribution >= 0.6 is 12.2 Å². The van der Waals surface area contributed by atoms with Crippen LogP contribution in [0.4, 0.5) is 0 Å². The minimum atomic E-state index is 0.420. The fourth-order valence-corrected chi connectivity index (χ4v) is 3.31. The number of benzene rings is 3. The van der Waals surface area contributed by atoms with Crippen LogP contribution in [0.2, 0.25) is 0 Å². The zero-order valence-electron chi connectivity index (χ0n) is 18.0. The minimum absolute atomic E-state index is 0.420. The van der Waals surface area contributed by atoms with E-state index in [4.69, 9.17) is 21.7 Å². The van der Waals surface area contributed by atoms with Crippen molar-refractivity contribution in [2.45, 2.75) is 20.5 Å². The zero-order chi connectivity index (χ0) is 22.3. The lowest BCUT2D eigenvalue weighted by atomic mass is 10.2. The highest BCUT2D eigenvalue weighted by atomic mass is 32.1. The Labute approximate surface area is 192 Å². The van der Waals surface area contributed by atoms with Crippen molar-refractivity contribution in [1.29, 1.82) is 0 Å². The molecule has 0 radical (unpaired) electrons. The quantitative estimate of drug-likeness (QED) is 0.277. The maximum atomic E-state index is 6.01. The summed E-state index contributed by atoms with van der Waals surface area (Å²) in [7, 11) is 0. The van der Waals surface area contributed by atoms with E-state index in [1.165, 1.54) is 5.56 Å². The molecule has 1 heterocycles. The molecule has 1 N–H and O–H groups in total. The second-order valence-corrected chi connectivity index (χ2v) is 7.57. The third kappa shape index (κ3) is 5.12. The fourth-order valence-electron chi connectivity index (χ4n) is 3.14. The maximum absolute atomic E-state index is 6.01. The third-order valence-electron chi connectivity index (χ3n) is 4.79. The molecule has 4 aromatic rings. The first-order chi connectivity index (χ1) is 15.6. The summed E-state index contributed by atoms with van der Waals surface area (Å²) in [4.78, 5) is 0. The third-order valence-corrected chi connectivity index (χ3v) is 5.05. The molecule has 0 saturated carbocycles. The summed E-state index contributed by atoms with van der Waals surface area (Å²) in [5.41, 5.74) is 4.11. The van der Waals surface area contributed by atoms with E-state index in [1.54, 1.807) is 10.9 Å². The molecule has 0 atom stereocenters. The largest absolute Gasteiger partial charge is 0.490 e. The van der Waals surface area contributed by atoms with E-state index in [0.717, 1.165) is 16.7 Å². The van der Waals surface area contributed by atoms with Crippen molar-refractivity contribution >= 4 is 18.4 Å². The monoisotopic (exact) mass is 444 g/mol. The summed E-state index contributed by atoms with van der Waals surface area (Å²) >= 11 is 5.35. The van der Waals surface area contributed by atoms with Gasteiger partial charge in [0.2, 0.25) is 4.77 Å². The van der Waals surface area contributed by atoms with Gasteiger partial charge in [0.1, 0.15) is 6.61 Å². The molecule has 0 saturated heterocycles. The molecule has 162 valence electrons. The first kappa shape index (κ1) is 21.5. The molecule has 0 aliphatic heterocycles. The number of nitrogens with one attached hydrogen (secondary N) is 1. The van der Waals surface area contributed by atoms with Crippen LogP contribution in [0.5, 0.6) is 11.5 Å². The second-order valence-electron chi connectivity index (χ2n) is 7.19. The van der Waals surface area contributed by atoms with Crippen molar-refractivity contribution in [3.63, 3.8) is 0 Å². The zero-order valence-corrected chi connectivity index (χ0v) is 18.8. The first-order valence-corrected chi connectivity index (χ1v) is 10.8. The Bertz CT molecular complexity index is 1260. The van der Waals surface area contributed by atoms with Crippen LogP contribution in [-0.4, -0.2) is 27.7 Å². The summed E-state index contributed by atoms with van der Waals surface area (Å²) in [6.07, 6.45) is 1.73. The van der Waals surface area contributed by atoms with Crippen LogP contribution in [0.3, 0.4) is 0 Å². The Kier molecular flexibility index (Phi) is 6.77. The van der Waals surface area contributed by atoms with E-state index in [9.17, 15) is 0 Å². The van der Waals surface area contributed by atoms with Gasteiger partial charge in [-0.15, -0.1) is 0 Å². The molecule has 0 spiro atoms. The number of H-pyrrole nitrogens is 1. The van der Waals surface area contributed by atoms with Crippen molar-refractivity contribution in [1.82, 2.24) is 14.9 Å². The minimum Gasteiger partial charge on any atom is -0.490 e. The predicted octanol–water partition coefficient (Wildman–Crippen LogP) is 5.78. The second kappa shape index (κ2) is 10.1. The van der Waals surface area contributed by atoms with Gasteiger partial charge in [-0.25, -0.2) is 5.10 Å². The van der Waals surface area contributed by atoms with Crippen LogP contribution in [0.15, 0.2) is 77.9 Å². The van der Waals surface area contributed by atoms with Crippen LogP contribution in [-0.2, 0) is 6.61 Å². The van der Waals surface area contributed by atoms with Crippen LogP contribution < -0.4 is 9.47 Å². The van der Waals surface area contributed by atoms with Gasteiger partial charge >= 0.3 is 0 Å². The van der Waals surface area contributed by atoms with E-state index in [0.29, 0.717) is 35.3 Å². The van der Waals surface area contributed by atoms with Crippen molar-refractivity contribution in [2.24, 2.45) is 5.10 Å². The van der Waals surface area contributed by atoms with Crippen molar-refractivity contribution in [2.75, 3.05) is 6.61 Å². The molecule has 0 amide bonds. The van der Waals surface area contributed by atoms with E-state index < -0.39 is 0 Å². The topological polar surface area (TPSA) is 64.4 Å². The van der Waals surface area contributed by atoms with Crippen molar-refractivity contribution < 1.29 is 9.47 Å². The van der Waals surface area contributed by atoms with Gasteiger partial charge in [-0.2, -0.15) is 14.9 Å². The van der Waals surface area contributed by atoms with Gasteiger partial charge in [0.25, 0.3) is 0 Å². The number of hydrogen-bond donors (Lipinski definition) is 1. The summed E-state index contributed by atoms with van der Waals surface area (Å²) < 4.78 is 13.8. The average molecular weight is 445 g/mol. The normalized spacial score (nSPS) is 11.1. The molecule has 0 bridgehead atoms. The molecule has 0 unspecified atom stereocenters. The number of aryl methyl sites for hydroxylation is 1. The van der Waals surface area contributed by atoms with Gasteiger partial charge in [0.15, 0.2) is 17.3 Å². The number of aromatic amines is 1. The van der Waals surface area contributed by atoms with Gasteiger partial charge in [0, 0.05) is 5.56 Å². The maximum Gasteiger partial charge on any atom is 0.216 e. The van der Waals surface area contributed by atoms with E-state index in [1.807, 2.05) is 55.5 Å². The Morgan fingerprint density at radius 1 is 1.00 bits per heavy atom. The smallest absolute Gasteiger partial charge is 0.216 e. The summed E-state index contributed by atoms with van der Waals surface area (Å²) in [5, 5.41) is 11.7. The highest BCUT2D eigenvalue weighted by Crippen LogP contribution is 2.29. The molecular formula is C25H24N4O2S. The molecule has 4 rings (SSSR count). The predicted molar refractivity (Wildman–Crippen MR) is 129 cm³/mol. The lowest BCUT2D eigenvalue weighted by Crippen LogP contribution is -2.01. The van der Waals surface area contributed by atoms with E-state index in [2.05, 4.69) is 46.5 Å². The number of rotatable bonds is 8. The fraction of sp³-hybridized carbons (Fsp3) is 0.160. The lowest BCUT2D eigenvalue weighted by Gasteiger charge is -2.13. The molecule has 32 heavy (non-hydrogen) atoms. The van der Waals surface area contributed by atoms with Crippen LogP contribution in [0, 0.1) is 11.7 Å². The highest BCUT2D eigenvalue weighted by Gasteiger charge is 2.09. The van der Waals surface area contributed by atoms with Crippen molar-refractivity contribution in [3.8, 4) is 22.9 Å². The van der Waals surface area contributed by atoms with Gasteiger partial charge in [-0.05, 0) is 55.4 Å². The Hall–Kier alpha value is -3.71. The van der Waals surface area contributed by atoms with E-state index in [-0.39, 0.29) is 0 Å². The molecule has 3 aromatic carbocycles. The first-order valence-electron chi connectivity index (χ1n) is 10.4. The molecule has 0 aliphatic carbocycles. The highest BCUT2D eigenvalue weighted by molar-refractivity contribution is 7.71. The summed E-state index contributed by atoms with van der Waals surface area (Å²) in [6, 6.07) is 23.8. The standard InChI is InChI=1S/C25H24N4O2S/c1-3-30-23-15-20(13-14-22(23)31-17-19-11-9-18(2)10-12-19)16-26-29-24(27-28-25(29)32)21-7-5-4-6-8-21/h4-16H,3,17H2,1-2H3,(H,28,32)/b26-16-. The number of hydrogen-bond acceptors (Lipinski definition) is 5. The van der Waals surface area contributed by atoms with Gasteiger partial charge in [-0.3, -0.25) is 0 Å². The summed E-state index contributed by atoms with van der Waals surface area (Å²) in [6.45, 7) is 5.02.